The monoisotopic (exact) mass is 140 g/mol. The molecule has 0 N–H and O–H groups in total. The normalized spacial score (nSPS) is 41.4. The molecule has 1 saturated carbocycles. The predicted octanol–water partition coefficient (Wildman–Crippen LogP) is 3.47. The van der Waals surface area contributed by atoms with E-state index < -0.39 is 0 Å². The lowest BCUT2D eigenvalue weighted by molar-refractivity contribution is 0.319. The van der Waals surface area contributed by atoms with Gasteiger partial charge >= 0.3 is 0 Å². The molecule has 0 amide bonds. The molecule has 0 bridgehead atoms. The van der Waals surface area contributed by atoms with Gasteiger partial charge in [0.2, 0.25) is 0 Å². The zero-order valence-electron chi connectivity index (χ0n) is 7.78. The highest BCUT2D eigenvalue weighted by Crippen LogP contribution is 2.59. The van der Waals surface area contributed by atoms with E-state index >= 15 is 0 Å². The van der Waals surface area contributed by atoms with Crippen LogP contribution in [0.15, 0.2) is 0 Å². The molecule has 0 aromatic rings. The Hall–Kier alpha value is 0. The lowest BCUT2D eigenvalue weighted by Crippen LogP contribution is -2.09. The molecule has 0 radical (unpaired) electrons. The average molecular weight is 140 g/mol. The molecule has 0 aliphatic heterocycles. The molecule has 0 nitrogen and oxygen atoms in total. The van der Waals surface area contributed by atoms with Crippen molar-refractivity contribution in [1.82, 2.24) is 0 Å². The van der Waals surface area contributed by atoms with Crippen molar-refractivity contribution in [3.05, 3.63) is 0 Å². The highest BCUT2D eigenvalue weighted by Gasteiger charge is 2.51. The summed E-state index contributed by atoms with van der Waals surface area (Å²) in [6.45, 7) is 9.48. The van der Waals surface area contributed by atoms with Gasteiger partial charge in [0.25, 0.3) is 0 Å². The van der Waals surface area contributed by atoms with Crippen molar-refractivity contribution in [2.24, 2.45) is 17.3 Å². The van der Waals surface area contributed by atoms with Crippen LogP contribution >= 0.6 is 0 Å². The van der Waals surface area contributed by atoms with Crippen molar-refractivity contribution in [3.63, 3.8) is 0 Å². The average Bonchev–Trinajstić information content (AvgIpc) is 2.61. The third-order valence-corrected chi connectivity index (χ3v) is 3.69. The van der Waals surface area contributed by atoms with Crippen LogP contribution in [0.2, 0.25) is 0 Å². The molecule has 1 aliphatic rings. The first kappa shape index (κ1) is 8.10. The van der Waals surface area contributed by atoms with Crippen LogP contribution < -0.4 is 0 Å². The summed E-state index contributed by atoms with van der Waals surface area (Å²) in [6, 6.07) is 0. The van der Waals surface area contributed by atoms with Crippen LogP contribution in [0.5, 0.6) is 0 Å². The Morgan fingerprint density at radius 1 is 1.50 bits per heavy atom. The largest absolute Gasteiger partial charge is 0.0651 e. The molecule has 0 saturated heterocycles. The van der Waals surface area contributed by atoms with Crippen LogP contribution in [0, 0.1) is 17.3 Å². The van der Waals surface area contributed by atoms with Gasteiger partial charge in [0, 0.05) is 0 Å². The van der Waals surface area contributed by atoms with Crippen molar-refractivity contribution < 1.29 is 0 Å². The summed E-state index contributed by atoms with van der Waals surface area (Å²) in [5, 5.41) is 0. The summed E-state index contributed by atoms with van der Waals surface area (Å²) in [6.07, 6.45) is 4.23. The first-order chi connectivity index (χ1) is 4.65. The third-order valence-electron chi connectivity index (χ3n) is 3.69. The highest BCUT2D eigenvalue weighted by molar-refractivity contribution is 5.00. The van der Waals surface area contributed by atoms with Crippen molar-refractivity contribution in [1.29, 1.82) is 0 Å². The standard InChI is InChI=1S/C10H20/c1-5-8(3)10(4)7-9(10)6-2/h8-9H,5-7H2,1-4H3. The fourth-order valence-corrected chi connectivity index (χ4v) is 2.15. The molecule has 10 heavy (non-hydrogen) atoms. The molecule has 60 valence electrons. The van der Waals surface area contributed by atoms with Gasteiger partial charge in [-0.05, 0) is 23.7 Å². The van der Waals surface area contributed by atoms with Crippen LogP contribution in [-0.2, 0) is 0 Å². The van der Waals surface area contributed by atoms with Crippen LogP contribution in [0.25, 0.3) is 0 Å². The molecule has 1 aliphatic carbocycles. The van der Waals surface area contributed by atoms with Gasteiger partial charge in [-0.3, -0.25) is 0 Å². The minimum absolute atomic E-state index is 0.726. The van der Waals surface area contributed by atoms with Gasteiger partial charge in [0.05, 0.1) is 0 Å². The van der Waals surface area contributed by atoms with Crippen molar-refractivity contribution >= 4 is 0 Å². The Bertz CT molecular complexity index is 117. The first-order valence-electron chi connectivity index (χ1n) is 4.65. The third kappa shape index (κ3) is 1.09. The molecule has 0 heteroatoms. The molecule has 1 rings (SSSR count). The maximum atomic E-state index is 2.45. The molecule has 0 aromatic heterocycles. The molecular weight excluding hydrogens is 120 g/mol. The number of rotatable bonds is 3. The Kier molecular flexibility index (Phi) is 2.07. The highest BCUT2D eigenvalue weighted by atomic mass is 14.6. The molecule has 0 aromatic carbocycles. The van der Waals surface area contributed by atoms with E-state index in [-0.39, 0.29) is 0 Å². The van der Waals surface area contributed by atoms with E-state index in [0.29, 0.717) is 0 Å². The van der Waals surface area contributed by atoms with E-state index in [4.69, 9.17) is 0 Å². The summed E-state index contributed by atoms with van der Waals surface area (Å²) in [4.78, 5) is 0. The molecule has 3 atom stereocenters. The van der Waals surface area contributed by atoms with E-state index in [1.165, 1.54) is 19.3 Å². The molecule has 1 fully saturated rings. The fraction of sp³-hybridized carbons (Fsp3) is 1.00. The Labute approximate surface area is 65.0 Å². The SMILES string of the molecule is CCC(C)C1(C)CC1CC. The minimum atomic E-state index is 0.726. The van der Waals surface area contributed by atoms with E-state index in [0.717, 1.165) is 17.3 Å². The second kappa shape index (κ2) is 2.56. The fourth-order valence-electron chi connectivity index (χ4n) is 2.15. The zero-order chi connectivity index (χ0) is 7.78. The number of hydrogen-bond acceptors (Lipinski definition) is 0. The maximum Gasteiger partial charge on any atom is -0.0269 e. The summed E-state index contributed by atoms with van der Waals surface area (Å²) < 4.78 is 0. The topological polar surface area (TPSA) is 0 Å². The summed E-state index contributed by atoms with van der Waals surface area (Å²) in [5.74, 6) is 1.99. The molecule has 0 spiro atoms. The molecular formula is C10H20. The Morgan fingerprint density at radius 3 is 2.40 bits per heavy atom. The van der Waals surface area contributed by atoms with Gasteiger partial charge in [-0.15, -0.1) is 0 Å². The summed E-state index contributed by atoms with van der Waals surface area (Å²) in [5.41, 5.74) is 0.726. The Balaban J connectivity index is 2.42. The smallest absolute Gasteiger partial charge is 0.0269 e. The van der Waals surface area contributed by atoms with Crippen LogP contribution in [0.1, 0.15) is 47.0 Å². The van der Waals surface area contributed by atoms with E-state index in [1.54, 1.807) is 0 Å². The van der Waals surface area contributed by atoms with Gasteiger partial charge in [-0.1, -0.05) is 40.5 Å². The lowest BCUT2D eigenvalue weighted by atomic mass is 9.88. The lowest BCUT2D eigenvalue weighted by Gasteiger charge is -2.18. The van der Waals surface area contributed by atoms with Gasteiger partial charge in [0.1, 0.15) is 0 Å². The second-order valence-electron chi connectivity index (χ2n) is 4.12. The van der Waals surface area contributed by atoms with Gasteiger partial charge in [-0.25, -0.2) is 0 Å². The maximum absolute atomic E-state index is 2.45. The minimum Gasteiger partial charge on any atom is -0.0651 e. The zero-order valence-corrected chi connectivity index (χ0v) is 7.78. The summed E-state index contributed by atoms with van der Waals surface area (Å²) in [7, 11) is 0. The van der Waals surface area contributed by atoms with Gasteiger partial charge < -0.3 is 0 Å². The van der Waals surface area contributed by atoms with Crippen molar-refractivity contribution in [3.8, 4) is 0 Å². The van der Waals surface area contributed by atoms with Crippen LogP contribution in [-0.4, -0.2) is 0 Å². The van der Waals surface area contributed by atoms with Crippen molar-refractivity contribution in [2.45, 2.75) is 47.0 Å². The molecule has 0 heterocycles. The van der Waals surface area contributed by atoms with Gasteiger partial charge in [-0.2, -0.15) is 0 Å². The van der Waals surface area contributed by atoms with E-state index in [9.17, 15) is 0 Å². The van der Waals surface area contributed by atoms with Crippen LogP contribution in [0.4, 0.5) is 0 Å². The Morgan fingerprint density at radius 2 is 2.10 bits per heavy atom. The summed E-state index contributed by atoms with van der Waals surface area (Å²) >= 11 is 0. The second-order valence-corrected chi connectivity index (χ2v) is 4.12. The van der Waals surface area contributed by atoms with Crippen molar-refractivity contribution in [2.75, 3.05) is 0 Å². The van der Waals surface area contributed by atoms with Crippen LogP contribution in [0.3, 0.4) is 0 Å². The molecule has 3 unspecified atom stereocenters. The van der Waals surface area contributed by atoms with E-state index in [1.807, 2.05) is 0 Å². The van der Waals surface area contributed by atoms with Gasteiger partial charge in [0.15, 0.2) is 0 Å². The predicted molar refractivity (Wildman–Crippen MR) is 46.0 cm³/mol. The number of hydrogen-bond donors (Lipinski definition) is 0. The first-order valence-corrected chi connectivity index (χ1v) is 4.65. The quantitative estimate of drug-likeness (QED) is 0.563. The van der Waals surface area contributed by atoms with E-state index in [2.05, 4.69) is 27.7 Å².